The number of rotatable bonds is 3. The van der Waals surface area contributed by atoms with Crippen LogP contribution >= 0.6 is 11.6 Å². The first-order valence-electron chi connectivity index (χ1n) is 3.78. The third kappa shape index (κ3) is 2.62. The van der Waals surface area contributed by atoms with E-state index in [9.17, 15) is 4.79 Å². The lowest BCUT2D eigenvalue weighted by molar-refractivity contribution is 0.0978. The van der Waals surface area contributed by atoms with E-state index in [1.807, 2.05) is 0 Å². The quantitative estimate of drug-likeness (QED) is 0.532. The number of Topliss-reactive ketones (excluding diaryl/α,β-unsaturated/α-hetero) is 1. The summed E-state index contributed by atoms with van der Waals surface area (Å²) in [6, 6.07) is 5.27. The van der Waals surface area contributed by atoms with Crippen LogP contribution in [0.3, 0.4) is 0 Å². The minimum Gasteiger partial charge on any atom is -0.292 e. The molecule has 1 heterocycles. The Hall–Kier alpha value is -0.890. The molecule has 1 rings (SSSR count). The summed E-state index contributed by atoms with van der Waals surface area (Å²) in [5.74, 6) is -0.00176. The summed E-state index contributed by atoms with van der Waals surface area (Å²) in [6.07, 6.45) is 1.95. The highest BCUT2D eigenvalue weighted by Gasteiger charge is 2.09. The van der Waals surface area contributed by atoms with E-state index in [4.69, 9.17) is 11.6 Å². The average molecular weight is 184 g/mol. The van der Waals surface area contributed by atoms with Gasteiger partial charge in [0.2, 0.25) is 0 Å². The van der Waals surface area contributed by atoms with Gasteiger partial charge in [0.05, 0.1) is 0 Å². The molecule has 0 aliphatic carbocycles. The van der Waals surface area contributed by atoms with Crippen molar-refractivity contribution in [2.24, 2.45) is 0 Å². The molecule has 0 saturated heterocycles. The topological polar surface area (TPSA) is 30.0 Å². The fraction of sp³-hybridized carbons (Fsp3) is 0.333. The van der Waals surface area contributed by atoms with E-state index in [1.54, 1.807) is 31.3 Å². The van der Waals surface area contributed by atoms with E-state index < -0.39 is 0 Å². The van der Waals surface area contributed by atoms with Crippen molar-refractivity contribution in [2.45, 2.75) is 18.7 Å². The number of carbonyl (C=O) groups is 1. The number of halogens is 1. The number of nitrogens with zero attached hydrogens (tertiary/aromatic N) is 1. The summed E-state index contributed by atoms with van der Waals surface area (Å²) in [5, 5.41) is -0.125. The Balaban J connectivity index is 2.66. The summed E-state index contributed by atoms with van der Waals surface area (Å²) in [4.78, 5) is 15.2. The van der Waals surface area contributed by atoms with Crippen LogP contribution in [0.2, 0.25) is 0 Å². The van der Waals surface area contributed by atoms with Crippen molar-refractivity contribution in [3.63, 3.8) is 0 Å². The van der Waals surface area contributed by atoms with Crippen molar-refractivity contribution >= 4 is 17.4 Å². The predicted octanol–water partition coefficient (Wildman–Crippen LogP) is 2.28. The van der Waals surface area contributed by atoms with Crippen LogP contribution in [0.25, 0.3) is 0 Å². The van der Waals surface area contributed by atoms with Crippen LogP contribution in [0, 0.1) is 0 Å². The van der Waals surface area contributed by atoms with Gasteiger partial charge in [0.1, 0.15) is 5.69 Å². The highest BCUT2D eigenvalue weighted by molar-refractivity contribution is 6.22. The zero-order chi connectivity index (χ0) is 8.97. The van der Waals surface area contributed by atoms with Crippen LogP contribution in [-0.2, 0) is 0 Å². The molecular formula is C9H10ClNO. The van der Waals surface area contributed by atoms with Crippen molar-refractivity contribution in [1.29, 1.82) is 0 Å². The molecule has 0 spiro atoms. The Labute approximate surface area is 76.6 Å². The second kappa shape index (κ2) is 4.21. The Morgan fingerprint density at radius 1 is 1.67 bits per heavy atom. The monoisotopic (exact) mass is 183 g/mol. The minimum absolute atomic E-state index is 0.00176. The molecule has 0 aromatic carbocycles. The van der Waals surface area contributed by atoms with Crippen molar-refractivity contribution in [1.82, 2.24) is 4.98 Å². The maximum Gasteiger partial charge on any atom is 0.182 e. The van der Waals surface area contributed by atoms with E-state index in [-0.39, 0.29) is 11.2 Å². The van der Waals surface area contributed by atoms with Gasteiger partial charge in [-0.15, -0.1) is 11.6 Å². The normalized spacial score (nSPS) is 12.5. The van der Waals surface area contributed by atoms with Gasteiger partial charge in [0.15, 0.2) is 5.78 Å². The fourth-order valence-electron chi connectivity index (χ4n) is 0.888. The molecule has 0 radical (unpaired) electrons. The fourth-order valence-corrected chi connectivity index (χ4v) is 1.03. The molecule has 1 atom stereocenters. The number of pyridine rings is 1. The molecule has 2 nitrogen and oxygen atoms in total. The second-order valence-electron chi connectivity index (χ2n) is 2.62. The first kappa shape index (κ1) is 9.20. The lowest BCUT2D eigenvalue weighted by atomic mass is 10.1. The summed E-state index contributed by atoms with van der Waals surface area (Å²) in [5.41, 5.74) is 0.491. The molecule has 0 aliphatic heterocycles. The van der Waals surface area contributed by atoms with Crippen LogP contribution in [0.5, 0.6) is 0 Å². The highest BCUT2D eigenvalue weighted by atomic mass is 35.5. The molecule has 12 heavy (non-hydrogen) atoms. The predicted molar refractivity (Wildman–Crippen MR) is 48.5 cm³/mol. The van der Waals surface area contributed by atoms with E-state index in [0.717, 1.165) is 0 Å². The van der Waals surface area contributed by atoms with Crippen LogP contribution in [0.4, 0.5) is 0 Å². The Morgan fingerprint density at radius 3 is 2.92 bits per heavy atom. The van der Waals surface area contributed by atoms with E-state index in [1.165, 1.54) is 0 Å². The van der Waals surface area contributed by atoms with Crippen molar-refractivity contribution in [3.05, 3.63) is 30.1 Å². The smallest absolute Gasteiger partial charge is 0.182 e. The zero-order valence-electron chi connectivity index (χ0n) is 6.83. The molecular weight excluding hydrogens is 174 g/mol. The molecule has 64 valence electrons. The number of ketones is 1. The second-order valence-corrected chi connectivity index (χ2v) is 3.37. The molecule has 0 saturated carbocycles. The molecule has 1 aromatic rings. The van der Waals surface area contributed by atoms with E-state index in [2.05, 4.69) is 4.98 Å². The van der Waals surface area contributed by atoms with Crippen LogP contribution < -0.4 is 0 Å². The molecule has 1 unspecified atom stereocenters. The Bertz CT molecular complexity index is 258. The lowest BCUT2D eigenvalue weighted by Crippen LogP contribution is -2.06. The van der Waals surface area contributed by atoms with Gasteiger partial charge in [-0.3, -0.25) is 9.78 Å². The van der Waals surface area contributed by atoms with Crippen molar-refractivity contribution in [3.8, 4) is 0 Å². The van der Waals surface area contributed by atoms with Crippen LogP contribution in [0.15, 0.2) is 24.4 Å². The van der Waals surface area contributed by atoms with Gasteiger partial charge in [-0.2, -0.15) is 0 Å². The first-order chi connectivity index (χ1) is 5.70. The Kier molecular flexibility index (Phi) is 3.23. The van der Waals surface area contributed by atoms with Gasteiger partial charge in [-0.25, -0.2) is 0 Å². The van der Waals surface area contributed by atoms with Crippen molar-refractivity contribution < 1.29 is 4.79 Å². The molecule has 3 heteroatoms. The first-order valence-corrected chi connectivity index (χ1v) is 4.22. The largest absolute Gasteiger partial charge is 0.292 e. The third-order valence-corrected chi connectivity index (χ3v) is 1.57. The lowest BCUT2D eigenvalue weighted by Gasteiger charge is -2.00. The standard InChI is InChI=1S/C9H10ClNO/c1-7(10)6-9(12)8-4-2-3-5-11-8/h2-5,7H,6H2,1H3. The molecule has 1 aromatic heterocycles. The van der Waals surface area contributed by atoms with E-state index in [0.29, 0.717) is 12.1 Å². The molecule has 0 bridgehead atoms. The average Bonchev–Trinajstić information content (AvgIpc) is 2.05. The highest BCUT2D eigenvalue weighted by Crippen LogP contribution is 2.06. The SMILES string of the molecule is CC(Cl)CC(=O)c1ccccn1. The van der Waals surface area contributed by atoms with Gasteiger partial charge < -0.3 is 0 Å². The van der Waals surface area contributed by atoms with E-state index >= 15 is 0 Å². The maximum absolute atomic E-state index is 11.3. The summed E-state index contributed by atoms with van der Waals surface area (Å²) in [7, 11) is 0. The number of aromatic nitrogens is 1. The van der Waals surface area contributed by atoms with Crippen molar-refractivity contribution in [2.75, 3.05) is 0 Å². The summed E-state index contributed by atoms with van der Waals surface area (Å²) >= 11 is 5.67. The molecule has 0 N–H and O–H groups in total. The van der Waals surface area contributed by atoms with Crippen LogP contribution in [0.1, 0.15) is 23.8 Å². The summed E-state index contributed by atoms with van der Waals surface area (Å²) < 4.78 is 0. The molecule has 0 amide bonds. The molecule has 0 fully saturated rings. The zero-order valence-corrected chi connectivity index (χ0v) is 7.58. The number of alkyl halides is 1. The number of carbonyl (C=O) groups excluding carboxylic acids is 1. The van der Waals surface area contributed by atoms with Gasteiger partial charge >= 0.3 is 0 Å². The van der Waals surface area contributed by atoms with Gasteiger partial charge in [0, 0.05) is 18.0 Å². The molecule has 0 aliphatic rings. The number of hydrogen-bond acceptors (Lipinski definition) is 2. The third-order valence-electron chi connectivity index (χ3n) is 1.42. The minimum atomic E-state index is -0.125. The van der Waals surface area contributed by atoms with Gasteiger partial charge in [0.25, 0.3) is 0 Å². The van der Waals surface area contributed by atoms with Crippen LogP contribution in [-0.4, -0.2) is 16.1 Å². The Morgan fingerprint density at radius 2 is 2.42 bits per heavy atom. The van der Waals surface area contributed by atoms with Gasteiger partial charge in [-0.05, 0) is 19.1 Å². The number of hydrogen-bond donors (Lipinski definition) is 0. The summed E-state index contributed by atoms with van der Waals surface area (Å²) in [6.45, 7) is 1.79. The maximum atomic E-state index is 11.3. The van der Waals surface area contributed by atoms with Gasteiger partial charge in [-0.1, -0.05) is 6.07 Å².